The molecule has 0 spiro atoms. The molecule has 6 heteroatoms. The van der Waals surface area contributed by atoms with Crippen LogP contribution < -0.4 is 5.48 Å². The van der Waals surface area contributed by atoms with E-state index in [1.165, 1.54) is 11.5 Å². The maximum Gasteiger partial charge on any atom is 0.274 e. The minimum absolute atomic E-state index is 0.0813. The van der Waals surface area contributed by atoms with E-state index in [0.29, 0.717) is 30.7 Å². The first kappa shape index (κ1) is 15.1. The molecule has 0 aliphatic carbocycles. The lowest BCUT2D eigenvalue weighted by molar-refractivity contribution is -0.127. The number of hydrogen-bond donors (Lipinski definition) is 2. The second-order valence-corrected chi connectivity index (χ2v) is 6.10. The fourth-order valence-corrected chi connectivity index (χ4v) is 3.60. The maximum atomic E-state index is 14.2. The molecule has 0 aromatic heterocycles. The number of carbonyl (C=O) groups is 2. The third-order valence-corrected chi connectivity index (χ3v) is 4.71. The zero-order valence-corrected chi connectivity index (χ0v) is 12.2. The van der Waals surface area contributed by atoms with Crippen molar-refractivity contribution in [3.8, 4) is 0 Å². The summed E-state index contributed by atoms with van der Waals surface area (Å²) in [4.78, 5) is 25.2. The lowest BCUT2D eigenvalue weighted by Crippen LogP contribution is -2.51. The van der Waals surface area contributed by atoms with E-state index in [1.54, 1.807) is 6.07 Å². The number of benzene rings is 1. The Morgan fingerprint density at radius 2 is 2.00 bits per heavy atom. The number of nitrogens with one attached hydrogen (secondary N) is 1. The van der Waals surface area contributed by atoms with Crippen molar-refractivity contribution < 1.29 is 19.2 Å². The topological polar surface area (TPSA) is 69.6 Å². The molecular formula is C16H19FN2O3. The van der Waals surface area contributed by atoms with Crippen LogP contribution in [0, 0.1) is 5.82 Å². The Bertz CT molecular complexity index is 589. The Morgan fingerprint density at radius 1 is 1.32 bits per heavy atom. The van der Waals surface area contributed by atoms with Crippen molar-refractivity contribution in [2.75, 3.05) is 0 Å². The highest BCUT2D eigenvalue weighted by atomic mass is 19.1. The lowest BCUT2D eigenvalue weighted by atomic mass is 9.83. The fourth-order valence-electron chi connectivity index (χ4n) is 3.60. The number of hydroxylamine groups is 1. The summed E-state index contributed by atoms with van der Waals surface area (Å²) in [5, 5.41) is 8.58. The molecule has 5 nitrogen and oxygen atoms in total. The van der Waals surface area contributed by atoms with Gasteiger partial charge in [0.2, 0.25) is 0 Å². The molecule has 1 aromatic rings. The Balaban J connectivity index is 1.78. The highest BCUT2D eigenvalue weighted by Crippen LogP contribution is 2.33. The van der Waals surface area contributed by atoms with Gasteiger partial charge in [0.25, 0.3) is 5.91 Å². The van der Waals surface area contributed by atoms with E-state index in [2.05, 4.69) is 4.90 Å². The number of Topliss-reactive ketones (excluding diaryl/α,β-unsaturated/α-hetero) is 1. The van der Waals surface area contributed by atoms with Crippen molar-refractivity contribution in [1.82, 2.24) is 10.4 Å². The van der Waals surface area contributed by atoms with Gasteiger partial charge in [0.1, 0.15) is 11.6 Å². The van der Waals surface area contributed by atoms with Gasteiger partial charge in [-0.2, -0.15) is 0 Å². The molecule has 2 fully saturated rings. The van der Waals surface area contributed by atoms with E-state index in [-0.39, 0.29) is 17.6 Å². The number of carbonyl (C=O) groups excluding carboxylic acids is 2. The summed E-state index contributed by atoms with van der Waals surface area (Å²) in [6.45, 7) is 0.454. The van der Waals surface area contributed by atoms with Crippen LogP contribution in [0.1, 0.15) is 48.0 Å². The number of fused-ring (bicyclic) bond motifs is 2. The molecule has 0 saturated carbocycles. The second kappa shape index (κ2) is 6.14. The van der Waals surface area contributed by atoms with Crippen LogP contribution in [0.25, 0.3) is 0 Å². The average Bonchev–Trinajstić information content (AvgIpc) is 2.49. The normalized spacial score (nSPS) is 25.1. The SMILES string of the molecule is O=C1CC2CCCC(C1)N2Cc1ccc(C(=O)NO)cc1F. The van der Waals surface area contributed by atoms with Crippen molar-refractivity contribution in [1.29, 1.82) is 0 Å². The minimum atomic E-state index is -0.731. The summed E-state index contributed by atoms with van der Waals surface area (Å²) in [5.74, 6) is -0.886. The van der Waals surface area contributed by atoms with E-state index >= 15 is 0 Å². The van der Waals surface area contributed by atoms with Gasteiger partial charge in [-0.15, -0.1) is 0 Å². The Labute approximate surface area is 128 Å². The monoisotopic (exact) mass is 306 g/mol. The van der Waals surface area contributed by atoms with Crippen molar-refractivity contribution in [3.05, 3.63) is 35.1 Å². The van der Waals surface area contributed by atoms with Gasteiger partial charge in [0.15, 0.2) is 0 Å². The van der Waals surface area contributed by atoms with Gasteiger partial charge >= 0.3 is 0 Å². The molecule has 3 rings (SSSR count). The molecular weight excluding hydrogens is 287 g/mol. The van der Waals surface area contributed by atoms with E-state index in [4.69, 9.17) is 5.21 Å². The summed E-state index contributed by atoms with van der Waals surface area (Å²) >= 11 is 0. The van der Waals surface area contributed by atoms with Crippen LogP contribution in [-0.4, -0.2) is 33.9 Å². The quantitative estimate of drug-likeness (QED) is 0.662. The first-order valence-electron chi connectivity index (χ1n) is 7.59. The highest BCUT2D eigenvalue weighted by Gasteiger charge is 2.37. The van der Waals surface area contributed by atoms with Gasteiger partial charge < -0.3 is 0 Å². The number of piperidine rings is 2. The summed E-state index contributed by atoms with van der Waals surface area (Å²) in [6.07, 6.45) is 4.20. The number of rotatable bonds is 3. The second-order valence-electron chi connectivity index (χ2n) is 6.10. The van der Waals surface area contributed by atoms with Crippen LogP contribution >= 0.6 is 0 Å². The van der Waals surface area contributed by atoms with Crippen LogP contribution in [0.15, 0.2) is 18.2 Å². The fraction of sp³-hybridized carbons (Fsp3) is 0.500. The number of ketones is 1. The van der Waals surface area contributed by atoms with Crippen LogP contribution in [0.4, 0.5) is 4.39 Å². The average molecular weight is 306 g/mol. The van der Waals surface area contributed by atoms with Gasteiger partial charge in [0.05, 0.1) is 0 Å². The van der Waals surface area contributed by atoms with Gasteiger partial charge in [-0.3, -0.25) is 19.7 Å². The Hall–Kier alpha value is -1.79. The van der Waals surface area contributed by atoms with Crippen molar-refractivity contribution in [2.24, 2.45) is 0 Å². The number of halogens is 1. The van der Waals surface area contributed by atoms with Crippen molar-refractivity contribution >= 4 is 11.7 Å². The molecule has 2 unspecified atom stereocenters. The maximum absolute atomic E-state index is 14.2. The number of hydrogen-bond acceptors (Lipinski definition) is 4. The molecule has 2 N–H and O–H groups in total. The molecule has 0 radical (unpaired) electrons. The number of nitrogens with zero attached hydrogens (tertiary/aromatic N) is 1. The van der Waals surface area contributed by atoms with Crippen LogP contribution in [0.2, 0.25) is 0 Å². The molecule has 2 aliphatic heterocycles. The summed E-state index contributed by atoms with van der Waals surface area (Å²) in [5.41, 5.74) is 2.09. The molecule has 22 heavy (non-hydrogen) atoms. The smallest absolute Gasteiger partial charge is 0.274 e. The molecule has 2 atom stereocenters. The zero-order chi connectivity index (χ0) is 15.7. The van der Waals surface area contributed by atoms with Crippen LogP contribution in [0.3, 0.4) is 0 Å². The highest BCUT2D eigenvalue weighted by molar-refractivity contribution is 5.93. The predicted molar refractivity (Wildman–Crippen MR) is 76.9 cm³/mol. The van der Waals surface area contributed by atoms with E-state index in [0.717, 1.165) is 25.3 Å². The van der Waals surface area contributed by atoms with E-state index < -0.39 is 11.7 Å². The van der Waals surface area contributed by atoms with Crippen LogP contribution in [-0.2, 0) is 11.3 Å². The third-order valence-electron chi connectivity index (χ3n) is 4.71. The third kappa shape index (κ3) is 2.89. The zero-order valence-electron chi connectivity index (χ0n) is 12.2. The molecule has 1 aromatic carbocycles. The first-order chi connectivity index (χ1) is 10.6. The van der Waals surface area contributed by atoms with Crippen molar-refractivity contribution in [2.45, 2.75) is 50.7 Å². The van der Waals surface area contributed by atoms with Gasteiger partial charge in [-0.1, -0.05) is 12.5 Å². The van der Waals surface area contributed by atoms with Gasteiger partial charge in [-0.25, -0.2) is 9.87 Å². The molecule has 2 saturated heterocycles. The first-order valence-corrected chi connectivity index (χ1v) is 7.59. The molecule has 2 bridgehead atoms. The van der Waals surface area contributed by atoms with E-state index in [1.807, 2.05) is 0 Å². The Morgan fingerprint density at radius 3 is 2.59 bits per heavy atom. The molecule has 2 aliphatic rings. The molecule has 2 heterocycles. The van der Waals surface area contributed by atoms with E-state index in [9.17, 15) is 14.0 Å². The van der Waals surface area contributed by atoms with Crippen LogP contribution in [0.5, 0.6) is 0 Å². The largest absolute Gasteiger partial charge is 0.300 e. The van der Waals surface area contributed by atoms with Gasteiger partial charge in [-0.05, 0) is 25.0 Å². The Kier molecular flexibility index (Phi) is 4.22. The minimum Gasteiger partial charge on any atom is -0.300 e. The number of amides is 1. The molecule has 1 amide bonds. The standard InChI is InChI=1S/C16H19FN2O3/c17-15-6-10(16(21)18-22)4-5-11(15)9-19-12-2-1-3-13(19)8-14(20)7-12/h4-6,12-13,22H,1-3,7-9H2,(H,18,21). The van der Waals surface area contributed by atoms with Crippen molar-refractivity contribution in [3.63, 3.8) is 0 Å². The summed E-state index contributed by atoms with van der Waals surface area (Å²) < 4.78 is 14.2. The predicted octanol–water partition coefficient (Wildman–Crippen LogP) is 2.03. The lowest BCUT2D eigenvalue weighted by Gasteiger charge is -2.45. The van der Waals surface area contributed by atoms with Gasteiger partial charge in [0, 0.05) is 42.6 Å². The summed E-state index contributed by atoms with van der Waals surface area (Å²) in [6, 6.07) is 4.62. The summed E-state index contributed by atoms with van der Waals surface area (Å²) in [7, 11) is 0. The molecule has 118 valence electrons.